The lowest BCUT2D eigenvalue weighted by molar-refractivity contribution is 0.127. The number of piperidine rings is 2. The molecule has 3 N–H and O–H groups in total. The maximum Gasteiger partial charge on any atom is 0.225 e. The SMILES string of the molecule is C[C@@H]1c2c([nH]c3nnc(-c4ccccc4O)cc23)CCN1c1ncc(C2CCN(C3CCNCC3)CC2)cn1. The van der Waals surface area contributed by atoms with Crippen LogP contribution in [0.2, 0.25) is 0 Å². The van der Waals surface area contributed by atoms with Crippen LogP contribution in [-0.4, -0.2) is 73.9 Å². The van der Waals surface area contributed by atoms with E-state index in [0.717, 1.165) is 49.1 Å². The molecule has 202 valence electrons. The minimum absolute atomic E-state index is 0.0861. The first-order valence-electron chi connectivity index (χ1n) is 14.4. The van der Waals surface area contributed by atoms with Gasteiger partial charge in [0.15, 0.2) is 5.65 Å². The highest BCUT2D eigenvalue weighted by Gasteiger charge is 2.31. The Balaban J connectivity index is 1.09. The fourth-order valence-electron chi connectivity index (χ4n) is 6.87. The zero-order valence-corrected chi connectivity index (χ0v) is 22.5. The number of hydrogen-bond acceptors (Lipinski definition) is 8. The average Bonchev–Trinajstić information content (AvgIpc) is 3.37. The van der Waals surface area contributed by atoms with Gasteiger partial charge in [-0.05, 0) is 88.5 Å². The summed E-state index contributed by atoms with van der Waals surface area (Å²) in [4.78, 5) is 18.2. The molecule has 3 aliphatic rings. The van der Waals surface area contributed by atoms with Gasteiger partial charge < -0.3 is 25.2 Å². The molecule has 9 nitrogen and oxygen atoms in total. The van der Waals surface area contributed by atoms with Crippen molar-refractivity contribution in [2.45, 2.75) is 57.0 Å². The molecule has 0 unspecified atom stereocenters. The Bertz CT molecular complexity index is 1450. The van der Waals surface area contributed by atoms with E-state index in [2.05, 4.69) is 49.6 Å². The molecule has 39 heavy (non-hydrogen) atoms. The van der Waals surface area contributed by atoms with E-state index in [4.69, 9.17) is 9.97 Å². The third-order valence-corrected chi connectivity index (χ3v) is 9.09. The van der Waals surface area contributed by atoms with Crippen LogP contribution < -0.4 is 10.2 Å². The summed E-state index contributed by atoms with van der Waals surface area (Å²) in [6.45, 7) is 7.71. The standard InChI is InChI=1S/C30H36N8O/c1-19-28-24-16-26(23-4-2-3-5-27(23)39)35-36-29(24)34-25(28)10-15-38(19)30-32-17-21(18-33-30)20-8-13-37(14-9-20)22-6-11-31-12-7-22/h2-5,16-20,22,31,39H,6-15H2,1H3,(H,34,36)/t19-/m1/s1. The van der Waals surface area contributed by atoms with Gasteiger partial charge in [0.2, 0.25) is 5.95 Å². The zero-order valence-electron chi connectivity index (χ0n) is 22.5. The Morgan fingerprint density at radius 3 is 2.49 bits per heavy atom. The lowest BCUT2D eigenvalue weighted by Gasteiger charge is -2.39. The van der Waals surface area contributed by atoms with Gasteiger partial charge >= 0.3 is 0 Å². The predicted molar refractivity (Wildman–Crippen MR) is 152 cm³/mol. The second-order valence-corrected chi connectivity index (χ2v) is 11.3. The van der Waals surface area contributed by atoms with Crippen LogP contribution in [0.1, 0.15) is 61.4 Å². The van der Waals surface area contributed by atoms with Gasteiger partial charge in [0.05, 0.1) is 11.7 Å². The summed E-state index contributed by atoms with van der Waals surface area (Å²) in [6, 6.07) is 10.1. The Labute approximate surface area is 228 Å². The maximum absolute atomic E-state index is 10.4. The lowest BCUT2D eigenvalue weighted by atomic mass is 9.89. The molecular weight excluding hydrogens is 488 g/mol. The number of anilines is 1. The summed E-state index contributed by atoms with van der Waals surface area (Å²) in [6.07, 6.45) is 9.91. The number of aromatic nitrogens is 5. The summed E-state index contributed by atoms with van der Waals surface area (Å²) >= 11 is 0. The fourth-order valence-corrected chi connectivity index (χ4v) is 6.87. The van der Waals surface area contributed by atoms with Crippen LogP contribution in [0.25, 0.3) is 22.3 Å². The van der Waals surface area contributed by atoms with Gasteiger partial charge in [-0.25, -0.2) is 9.97 Å². The molecule has 0 saturated carbocycles. The van der Waals surface area contributed by atoms with Crippen molar-refractivity contribution in [1.82, 2.24) is 35.4 Å². The number of para-hydroxylation sites is 1. The van der Waals surface area contributed by atoms with Crippen molar-refractivity contribution in [3.63, 3.8) is 0 Å². The van der Waals surface area contributed by atoms with Crippen LogP contribution >= 0.6 is 0 Å². The molecule has 0 spiro atoms. The number of phenols is 1. The molecule has 9 heteroatoms. The first-order chi connectivity index (χ1) is 19.2. The van der Waals surface area contributed by atoms with Crippen molar-refractivity contribution in [2.24, 2.45) is 0 Å². The topological polar surface area (TPSA) is 106 Å². The van der Waals surface area contributed by atoms with E-state index in [9.17, 15) is 5.11 Å². The third-order valence-electron chi connectivity index (χ3n) is 9.09. The lowest BCUT2D eigenvalue weighted by Crippen LogP contribution is -2.46. The maximum atomic E-state index is 10.4. The number of rotatable bonds is 4. The first kappa shape index (κ1) is 24.5. The number of hydrogen-bond donors (Lipinski definition) is 3. The Hall–Kier alpha value is -3.56. The molecule has 7 rings (SSSR count). The van der Waals surface area contributed by atoms with Gasteiger partial charge in [-0.15, -0.1) is 10.2 Å². The highest BCUT2D eigenvalue weighted by atomic mass is 16.3. The highest BCUT2D eigenvalue weighted by molar-refractivity contribution is 5.86. The number of nitrogens with zero attached hydrogens (tertiary/aromatic N) is 6. The van der Waals surface area contributed by atoms with Crippen LogP contribution in [0.5, 0.6) is 5.75 Å². The zero-order chi connectivity index (χ0) is 26.3. The summed E-state index contributed by atoms with van der Waals surface area (Å²) in [5, 5.41) is 23.7. The minimum atomic E-state index is 0.0861. The average molecular weight is 525 g/mol. The molecule has 3 aromatic heterocycles. The van der Waals surface area contributed by atoms with E-state index in [1.807, 2.05) is 24.3 Å². The van der Waals surface area contributed by atoms with Crippen LogP contribution in [-0.2, 0) is 6.42 Å². The van der Waals surface area contributed by atoms with Crippen molar-refractivity contribution in [3.8, 4) is 17.0 Å². The van der Waals surface area contributed by atoms with Gasteiger partial charge in [-0.3, -0.25) is 0 Å². The number of benzene rings is 1. The van der Waals surface area contributed by atoms with Crippen molar-refractivity contribution in [3.05, 3.63) is 59.5 Å². The van der Waals surface area contributed by atoms with Gasteiger partial charge in [-0.1, -0.05) is 12.1 Å². The molecule has 3 aliphatic heterocycles. The largest absolute Gasteiger partial charge is 0.507 e. The summed E-state index contributed by atoms with van der Waals surface area (Å²) in [5.41, 5.74) is 5.79. The van der Waals surface area contributed by atoms with Gasteiger partial charge in [-0.2, -0.15) is 0 Å². The van der Waals surface area contributed by atoms with Crippen molar-refractivity contribution >= 4 is 17.0 Å². The Morgan fingerprint density at radius 1 is 0.949 bits per heavy atom. The fraction of sp³-hybridized carbons (Fsp3) is 0.467. The molecular formula is C30H36N8O. The first-order valence-corrected chi connectivity index (χ1v) is 14.4. The molecule has 6 heterocycles. The number of aromatic hydroxyl groups is 1. The highest BCUT2D eigenvalue weighted by Crippen LogP contribution is 2.38. The second kappa shape index (κ2) is 10.2. The van der Waals surface area contributed by atoms with Gasteiger partial charge in [0.25, 0.3) is 0 Å². The van der Waals surface area contributed by atoms with Gasteiger partial charge in [0, 0.05) is 53.6 Å². The molecule has 0 amide bonds. The van der Waals surface area contributed by atoms with Crippen molar-refractivity contribution < 1.29 is 5.11 Å². The van der Waals surface area contributed by atoms with E-state index in [1.54, 1.807) is 6.07 Å². The second-order valence-electron chi connectivity index (χ2n) is 11.3. The van der Waals surface area contributed by atoms with Crippen molar-refractivity contribution in [2.75, 3.05) is 37.6 Å². The van der Waals surface area contributed by atoms with Crippen LogP contribution in [0.3, 0.4) is 0 Å². The molecule has 2 fully saturated rings. The van der Waals surface area contributed by atoms with Crippen LogP contribution in [0.15, 0.2) is 42.7 Å². The third kappa shape index (κ3) is 4.53. The number of nitrogens with one attached hydrogen (secondary N) is 2. The number of aromatic amines is 1. The normalized spacial score (nSPS) is 21.4. The van der Waals surface area contributed by atoms with Crippen LogP contribution in [0, 0.1) is 0 Å². The van der Waals surface area contributed by atoms with Crippen molar-refractivity contribution in [1.29, 1.82) is 0 Å². The minimum Gasteiger partial charge on any atom is -0.507 e. The molecule has 2 saturated heterocycles. The number of H-pyrrole nitrogens is 1. The van der Waals surface area contributed by atoms with E-state index in [1.165, 1.54) is 55.6 Å². The summed E-state index contributed by atoms with van der Waals surface area (Å²) in [5.74, 6) is 1.53. The van der Waals surface area contributed by atoms with E-state index in [-0.39, 0.29) is 11.8 Å². The summed E-state index contributed by atoms with van der Waals surface area (Å²) in [7, 11) is 0. The molecule has 4 aromatic rings. The van der Waals surface area contributed by atoms with Gasteiger partial charge in [0.1, 0.15) is 5.75 Å². The Morgan fingerprint density at radius 2 is 1.72 bits per heavy atom. The predicted octanol–water partition coefficient (Wildman–Crippen LogP) is 4.18. The summed E-state index contributed by atoms with van der Waals surface area (Å²) < 4.78 is 0. The number of likely N-dealkylation sites (tertiary alicyclic amines) is 1. The molecule has 0 bridgehead atoms. The Kier molecular flexibility index (Phi) is 6.40. The molecule has 0 radical (unpaired) electrons. The van der Waals surface area contributed by atoms with E-state index < -0.39 is 0 Å². The number of fused-ring (bicyclic) bond motifs is 3. The quantitative estimate of drug-likeness (QED) is 0.365. The molecule has 1 aromatic carbocycles. The molecule has 1 atom stereocenters. The van der Waals surface area contributed by atoms with E-state index >= 15 is 0 Å². The number of phenolic OH excluding ortho intramolecular Hbond substituents is 1. The monoisotopic (exact) mass is 524 g/mol. The van der Waals surface area contributed by atoms with E-state index in [0.29, 0.717) is 17.2 Å². The van der Waals surface area contributed by atoms with Crippen LogP contribution in [0.4, 0.5) is 5.95 Å². The molecule has 0 aliphatic carbocycles. The smallest absolute Gasteiger partial charge is 0.225 e.